The van der Waals surface area contributed by atoms with Crippen LogP contribution in [0.2, 0.25) is 0 Å². The van der Waals surface area contributed by atoms with Crippen molar-refractivity contribution in [3.8, 4) is 11.5 Å². The highest BCUT2D eigenvalue weighted by molar-refractivity contribution is 5.41. The molecule has 0 aromatic heterocycles. The predicted octanol–water partition coefficient (Wildman–Crippen LogP) is 2.39. The van der Waals surface area contributed by atoms with Crippen molar-refractivity contribution in [2.24, 2.45) is 0 Å². The second-order valence-corrected chi connectivity index (χ2v) is 3.79. The van der Waals surface area contributed by atoms with Crippen LogP contribution in [0.15, 0.2) is 18.2 Å². The topological polar surface area (TPSA) is 32.7 Å². The van der Waals surface area contributed by atoms with E-state index >= 15 is 0 Å². The monoisotopic (exact) mass is 249 g/mol. The highest BCUT2D eigenvalue weighted by Crippen LogP contribution is 2.27. The molecule has 0 saturated carbocycles. The van der Waals surface area contributed by atoms with E-state index in [4.69, 9.17) is 4.74 Å². The van der Waals surface area contributed by atoms with Crippen molar-refractivity contribution < 1.29 is 23.0 Å². The van der Waals surface area contributed by atoms with Crippen molar-refractivity contribution in [2.75, 3.05) is 20.7 Å². The van der Waals surface area contributed by atoms with E-state index < -0.39 is 12.7 Å². The first-order valence-electron chi connectivity index (χ1n) is 4.93. The van der Waals surface area contributed by atoms with Crippen molar-refractivity contribution in [1.82, 2.24) is 4.90 Å². The van der Waals surface area contributed by atoms with Crippen molar-refractivity contribution in [1.29, 1.82) is 0 Å². The lowest BCUT2D eigenvalue weighted by molar-refractivity contribution is -0.144. The summed E-state index contributed by atoms with van der Waals surface area (Å²) in [6.45, 7) is -0.878. The molecule has 1 N–H and O–H groups in total. The fourth-order valence-corrected chi connectivity index (χ4v) is 1.51. The molecule has 0 spiro atoms. The van der Waals surface area contributed by atoms with Crippen LogP contribution in [0.4, 0.5) is 13.2 Å². The summed E-state index contributed by atoms with van der Waals surface area (Å²) in [6.07, 6.45) is -4.22. The molecular formula is C11H14F3NO2. The largest absolute Gasteiger partial charge is 0.504 e. The molecule has 0 aliphatic carbocycles. The quantitative estimate of drug-likeness (QED) is 0.889. The molecule has 0 aliphatic heterocycles. The van der Waals surface area contributed by atoms with Gasteiger partial charge < -0.3 is 9.84 Å². The first-order chi connectivity index (χ1) is 7.81. The van der Waals surface area contributed by atoms with Gasteiger partial charge in [0.1, 0.15) is 0 Å². The van der Waals surface area contributed by atoms with Crippen LogP contribution in [-0.4, -0.2) is 36.9 Å². The first kappa shape index (κ1) is 13.6. The summed E-state index contributed by atoms with van der Waals surface area (Å²) in [7, 11) is 2.78. The molecule has 0 heterocycles. The van der Waals surface area contributed by atoms with E-state index in [1.165, 1.54) is 26.3 Å². The smallest absolute Gasteiger partial charge is 0.401 e. The molecule has 0 fully saturated rings. The van der Waals surface area contributed by atoms with E-state index in [1.54, 1.807) is 6.07 Å². The summed E-state index contributed by atoms with van der Waals surface area (Å²) in [5, 5.41) is 9.47. The number of ether oxygens (including phenoxy) is 1. The Bertz CT molecular complexity index is 379. The second-order valence-electron chi connectivity index (χ2n) is 3.79. The van der Waals surface area contributed by atoms with E-state index in [2.05, 4.69) is 0 Å². The third-order valence-corrected chi connectivity index (χ3v) is 2.14. The van der Waals surface area contributed by atoms with Crippen LogP contribution in [0, 0.1) is 0 Å². The summed E-state index contributed by atoms with van der Waals surface area (Å²) < 4.78 is 41.1. The zero-order chi connectivity index (χ0) is 13.1. The molecule has 1 rings (SSSR count). The van der Waals surface area contributed by atoms with E-state index in [9.17, 15) is 18.3 Å². The zero-order valence-electron chi connectivity index (χ0n) is 9.58. The van der Waals surface area contributed by atoms with Gasteiger partial charge in [0, 0.05) is 6.54 Å². The Labute approximate surface area is 97.4 Å². The minimum Gasteiger partial charge on any atom is -0.504 e. The van der Waals surface area contributed by atoms with Gasteiger partial charge in [0.05, 0.1) is 13.7 Å². The van der Waals surface area contributed by atoms with Gasteiger partial charge in [-0.25, -0.2) is 0 Å². The van der Waals surface area contributed by atoms with Gasteiger partial charge in [0.2, 0.25) is 0 Å². The lowest BCUT2D eigenvalue weighted by atomic mass is 10.2. The van der Waals surface area contributed by atoms with Crippen molar-refractivity contribution in [3.05, 3.63) is 23.8 Å². The highest BCUT2D eigenvalue weighted by atomic mass is 19.4. The summed E-state index contributed by atoms with van der Waals surface area (Å²) in [4.78, 5) is 1.13. The molecule has 0 atom stereocenters. The number of phenolic OH excluding ortho intramolecular Hbond substituents is 1. The van der Waals surface area contributed by atoms with Gasteiger partial charge in [0.25, 0.3) is 0 Å². The number of aromatic hydroxyl groups is 1. The SMILES string of the molecule is COc1ccc(CN(C)CC(F)(F)F)cc1O. The molecule has 0 radical (unpaired) electrons. The maximum atomic E-state index is 12.1. The second kappa shape index (κ2) is 5.27. The van der Waals surface area contributed by atoms with Crippen LogP contribution in [0.3, 0.4) is 0 Å². The minimum atomic E-state index is -4.22. The fraction of sp³-hybridized carbons (Fsp3) is 0.455. The van der Waals surface area contributed by atoms with Gasteiger partial charge in [-0.05, 0) is 24.7 Å². The van der Waals surface area contributed by atoms with E-state index in [0.29, 0.717) is 11.3 Å². The number of alkyl halides is 3. The zero-order valence-corrected chi connectivity index (χ0v) is 9.58. The molecule has 0 saturated heterocycles. The molecule has 0 bridgehead atoms. The summed E-state index contributed by atoms with van der Waals surface area (Å²) >= 11 is 0. The molecule has 0 aliphatic rings. The standard InChI is InChI=1S/C11H14F3NO2/c1-15(7-11(12,13)14)6-8-3-4-10(17-2)9(16)5-8/h3-5,16H,6-7H2,1-2H3. The maximum absolute atomic E-state index is 12.1. The Morgan fingerprint density at radius 1 is 1.35 bits per heavy atom. The average Bonchev–Trinajstić information content (AvgIpc) is 2.14. The molecule has 0 amide bonds. The first-order valence-corrected chi connectivity index (χ1v) is 4.93. The van der Waals surface area contributed by atoms with Crippen molar-refractivity contribution in [2.45, 2.75) is 12.7 Å². The summed E-state index contributed by atoms with van der Waals surface area (Å²) in [5.74, 6) is 0.220. The maximum Gasteiger partial charge on any atom is 0.401 e. The van der Waals surface area contributed by atoms with Crippen molar-refractivity contribution in [3.63, 3.8) is 0 Å². The number of methoxy groups -OCH3 is 1. The molecule has 17 heavy (non-hydrogen) atoms. The third-order valence-electron chi connectivity index (χ3n) is 2.14. The van der Waals surface area contributed by atoms with Crippen LogP contribution in [-0.2, 0) is 6.54 Å². The summed E-state index contributed by atoms with van der Waals surface area (Å²) in [5.41, 5.74) is 0.593. The number of halogens is 3. The Balaban J connectivity index is 2.66. The van der Waals surface area contributed by atoms with Gasteiger partial charge in [0.15, 0.2) is 11.5 Å². The van der Waals surface area contributed by atoms with E-state index in [1.807, 2.05) is 0 Å². The number of hydrogen-bond acceptors (Lipinski definition) is 3. The molecular weight excluding hydrogens is 235 g/mol. The molecule has 3 nitrogen and oxygen atoms in total. The Hall–Kier alpha value is -1.43. The minimum absolute atomic E-state index is 0.0783. The highest BCUT2D eigenvalue weighted by Gasteiger charge is 2.29. The number of benzene rings is 1. The van der Waals surface area contributed by atoms with E-state index in [0.717, 1.165) is 4.90 Å². The number of nitrogens with zero attached hydrogens (tertiary/aromatic N) is 1. The Kier molecular flexibility index (Phi) is 4.22. The van der Waals surface area contributed by atoms with Gasteiger partial charge in [-0.2, -0.15) is 13.2 Å². The fourth-order valence-electron chi connectivity index (χ4n) is 1.51. The van der Waals surface area contributed by atoms with Gasteiger partial charge in [-0.15, -0.1) is 0 Å². The third kappa shape index (κ3) is 4.52. The lowest BCUT2D eigenvalue weighted by Gasteiger charge is -2.18. The van der Waals surface area contributed by atoms with Gasteiger partial charge >= 0.3 is 6.18 Å². The Morgan fingerprint density at radius 2 is 2.00 bits per heavy atom. The normalized spacial score (nSPS) is 11.9. The lowest BCUT2D eigenvalue weighted by Crippen LogP contribution is -2.30. The van der Waals surface area contributed by atoms with E-state index in [-0.39, 0.29) is 12.3 Å². The van der Waals surface area contributed by atoms with Crippen LogP contribution >= 0.6 is 0 Å². The van der Waals surface area contributed by atoms with Gasteiger partial charge in [-0.1, -0.05) is 6.07 Å². The van der Waals surface area contributed by atoms with Crippen LogP contribution in [0.5, 0.6) is 11.5 Å². The van der Waals surface area contributed by atoms with Crippen LogP contribution in [0.1, 0.15) is 5.56 Å². The number of rotatable bonds is 4. The van der Waals surface area contributed by atoms with Crippen molar-refractivity contribution >= 4 is 0 Å². The molecule has 1 aromatic rings. The number of phenols is 1. The predicted molar refractivity (Wildman–Crippen MR) is 57.0 cm³/mol. The average molecular weight is 249 g/mol. The molecule has 6 heteroatoms. The molecule has 96 valence electrons. The molecule has 1 aromatic carbocycles. The van der Waals surface area contributed by atoms with Gasteiger partial charge in [-0.3, -0.25) is 4.90 Å². The van der Waals surface area contributed by atoms with Crippen LogP contribution < -0.4 is 4.74 Å². The molecule has 0 unspecified atom stereocenters. The summed E-state index contributed by atoms with van der Waals surface area (Å²) in [6, 6.07) is 4.53. The number of hydrogen-bond donors (Lipinski definition) is 1. The van der Waals surface area contributed by atoms with Crippen LogP contribution in [0.25, 0.3) is 0 Å². The Morgan fingerprint density at radius 3 is 2.47 bits per heavy atom.